The summed E-state index contributed by atoms with van der Waals surface area (Å²) in [4.78, 5) is 9.93. The molecule has 0 saturated carbocycles. The average molecular weight is 176 g/mol. The molecule has 0 aliphatic carbocycles. The molecule has 1 aromatic carbocycles. The fourth-order valence-electron chi connectivity index (χ4n) is 1.27. The smallest absolute Gasteiger partial charge is 0.198 e. The normalized spacial score (nSPS) is 9.85. The van der Waals surface area contributed by atoms with Gasteiger partial charge in [0.15, 0.2) is 6.29 Å². The van der Waals surface area contributed by atoms with Gasteiger partial charge < -0.3 is 5.73 Å². The van der Waals surface area contributed by atoms with Crippen molar-refractivity contribution in [1.29, 1.82) is 0 Å². The van der Waals surface area contributed by atoms with E-state index in [-0.39, 0.29) is 0 Å². The third-order valence-corrected chi connectivity index (χ3v) is 1.95. The minimum atomic E-state index is 0.544. The van der Waals surface area contributed by atoms with E-state index in [1.54, 1.807) is 0 Å². The highest BCUT2D eigenvalue weighted by Crippen LogP contribution is 2.09. The average Bonchev–Trinajstić information content (AvgIpc) is 2.13. The van der Waals surface area contributed by atoms with Crippen LogP contribution >= 0.6 is 0 Å². The maximum absolute atomic E-state index is 9.93. The fourth-order valence-corrected chi connectivity index (χ4v) is 1.27. The Kier molecular flexibility index (Phi) is 4.03. The van der Waals surface area contributed by atoms with E-state index in [4.69, 9.17) is 5.73 Å². The Labute approximate surface area is 78.8 Å². The molecular formula is C11H14NO. The fraction of sp³-hybridized carbons (Fsp3) is 0.364. The van der Waals surface area contributed by atoms with Crippen LogP contribution in [-0.2, 0) is 11.2 Å². The lowest BCUT2D eigenvalue weighted by atomic mass is 10.1. The first-order chi connectivity index (χ1) is 6.33. The molecule has 1 aromatic rings. The molecule has 69 valence electrons. The highest BCUT2D eigenvalue weighted by Gasteiger charge is 1.93. The van der Waals surface area contributed by atoms with Crippen molar-refractivity contribution < 1.29 is 4.79 Å². The minimum absolute atomic E-state index is 0.544. The van der Waals surface area contributed by atoms with Gasteiger partial charge >= 0.3 is 0 Å². The summed E-state index contributed by atoms with van der Waals surface area (Å²) in [7, 11) is 0. The Hall–Kier alpha value is -1.31. The van der Waals surface area contributed by atoms with Gasteiger partial charge in [-0.1, -0.05) is 12.1 Å². The molecule has 2 nitrogen and oxygen atoms in total. The SMILES string of the molecule is Nc1cccc(CCCC[C]=O)c1. The number of nitrogen functional groups attached to an aromatic ring is 1. The lowest BCUT2D eigenvalue weighted by Gasteiger charge is -2.00. The van der Waals surface area contributed by atoms with Gasteiger partial charge in [0, 0.05) is 12.1 Å². The second-order valence-corrected chi connectivity index (χ2v) is 3.10. The van der Waals surface area contributed by atoms with Crippen LogP contribution in [0.2, 0.25) is 0 Å². The van der Waals surface area contributed by atoms with Crippen LogP contribution in [0.4, 0.5) is 5.69 Å². The topological polar surface area (TPSA) is 43.1 Å². The zero-order valence-electron chi connectivity index (χ0n) is 7.62. The van der Waals surface area contributed by atoms with Crippen LogP contribution in [0.5, 0.6) is 0 Å². The maximum Gasteiger partial charge on any atom is 0.198 e. The van der Waals surface area contributed by atoms with Gasteiger partial charge in [0.2, 0.25) is 0 Å². The number of nitrogens with two attached hydrogens (primary N) is 1. The highest BCUT2D eigenvalue weighted by molar-refractivity contribution is 5.50. The first-order valence-electron chi connectivity index (χ1n) is 4.52. The van der Waals surface area contributed by atoms with Crippen LogP contribution in [0.1, 0.15) is 24.8 Å². The molecule has 0 fully saturated rings. The summed E-state index contributed by atoms with van der Waals surface area (Å²) in [5, 5.41) is 0. The van der Waals surface area contributed by atoms with Gasteiger partial charge in [0.1, 0.15) is 0 Å². The molecule has 2 heteroatoms. The number of unbranched alkanes of at least 4 members (excludes halogenated alkanes) is 2. The van der Waals surface area contributed by atoms with Crippen LogP contribution in [0.3, 0.4) is 0 Å². The number of aryl methyl sites for hydroxylation is 1. The first kappa shape index (κ1) is 9.78. The molecule has 0 aromatic heterocycles. The maximum atomic E-state index is 9.93. The van der Waals surface area contributed by atoms with E-state index < -0.39 is 0 Å². The van der Waals surface area contributed by atoms with Crippen LogP contribution in [0, 0.1) is 0 Å². The van der Waals surface area contributed by atoms with Crippen molar-refractivity contribution in [2.45, 2.75) is 25.7 Å². The Balaban J connectivity index is 2.32. The zero-order valence-corrected chi connectivity index (χ0v) is 7.62. The molecule has 0 amide bonds. The minimum Gasteiger partial charge on any atom is -0.399 e. The first-order valence-corrected chi connectivity index (χ1v) is 4.52. The quantitative estimate of drug-likeness (QED) is 0.551. The summed E-state index contributed by atoms with van der Waals surface area (Å²) >= 11 is 0. The van der Waals surface area contributed by atoms with Gasteiger partial charge in [0.05, 0.1) is 0 Å². The van der Waals surface area contributed by atoms with Crippen LogP contribution in [0.25, 0.3) is 0 Å². The van der Waals surface area contributed by atoms with E-state index >= 15 is 0 Å². The predicted molar refractivity (Wildman–Crippen MR) is 54.1 cm³/mol. The number of hydrogen-bond donors (Lipinski definition) is 1. The molecule has 0 aliphatic heterocycles. The summed E-state index contributed by atoms with van der Waals surface area (Å²) in [5.41, 5.74) is 7.67. The number of carbonyl (C=O) groups excluding carboxylic acids is 1. The molecule has 1 rings (SSSR count). The number of hydrogen-bond acceptors (Lipinski definition) is 2. The zero-order chi connectivity index (χ0) is 9.52. The lowest BCUT2D eigenvalue weighted by molar-refractivity contribution is 0.546. The Morgan fingerprint density at radius 1 is 1.31 bits per heavy atom. The monoisotopic (exact) mass is 176 g/mol. The van der Waals surface area contributed by atoms with Gasteiger partial charge in [-0.05, 0) is 37.0 Å². The van der Waals surface area contributed by atoms with Crippen molar-refractivity contribution in [2.75, 3.05) is 5.73 Å². The molecule has 0 atom stereocenters. The van der Waals surface area contributed by atoms with Crippen LogP contribution < -0.4 is 5.73 Å². The number of anilines is 1. The Bertz CT molecular complexity index is 271. The molecule has 0 spiro atoms. The number of rotatable bonds is 5. The summed E-state index contributed by atoms with van der Waals surface area (Å²) in [6.45, 7) is 0. The molecule has 1 radical (unpaired) electrons. The van der Waals surface area contributed by atoms with Crippen molar-refractivity contribution in [3.63, 3.8) is 0 Å². The van der Waals surface area contributed by atoms with E-state index in [2.05, 4.69) is 6.07 Å². The van der Waals surface area contributed by atoms with E-state index in [9.17, 15) is 4.79 Å². The largest absolute Gasteiger partial charge is 0.399 e. The molecule has 0 saturated heterocycles. The van der Waals surface area contributed by atoms with Crippen molar-refractivity contribution in [3.05, 3.63) is 29.8 Å². The third-order valence-electron chi connectivity index (χ3n) is 1.95. The van der Waals surface area contributed by atoms with Crippen molar-refractivity contribution in [1.82, 2.24) is 0 Å². The summed E-state index contributed by atoms with van der Waals surface area (Å²) in [6, 6.07) is 7.87. The van der Waals surface area contributed by atoms with Crippen LogP contribution in [0.15, 0.2) is 24.3 Å². The predicted octanol–water partition coefficient (Wildman–Crippen LogP) is 2.09. The van der Waals surface area contributed by atoms with E-state index in [0.29, 0.717) is 6.42 Å². The molecule has 0 unspecified atom stereocenters. The van der Waals surface area contributed by atoms with Crippen molar-refractivity contribution in [3.8, 4) is 0 Å². The van der Waals surface area contributed by atoms with Crippen molar-refractivity contribution >= 4 is 12.0 Å². The van der Waals surface area contributed by atoms with E-state index in [1.807, 2.05) is 24.5 Å². The van der Waals surface area contributed by atoms with E-state index in [1.165, 1.54) is 5.56 Å². The third kappa shape index (κ3) is 3.74. The van der Waals surface area contributed by atoms with Gasteiger partial charge in [0.25, 0.3) is 0 Å². The Morgan fingerprint density at radius 2 is 2.15 bits per heavy atom. The van der Waals surface area contributed by atoms with Crippen LogP contribution in [-0.4, -0.2) is 6.29 Å². The van der Waals surface area contributed by atoms with Gasteiger partial charge in [-0.15, -0.1) is 0 Å². The second-order valence-electron chi connectivity index (χ2n) is 3.10. The highest BCUT2D eigenvalue weighted by atomic mass is 16.1. The lowest BCUT2D eigenvalue weighted by Crippen LogP contribution is -1.89. The molecule has 0 bridgehead atoms. The van der Waals surface area contributed by atoms with E-state index in [0.717, 1.165) is 24.9 Å². The molecule has 0 aliphatic rings. The Morgan fingerprint density at radius 3 is 2.85 bits per heavy atom. The van der Waals surface area contributed by atoms with Gasteiger partial charge in [-0.2, -0.15) is 0 Å². The number of benzene rings is 1. The second kappa shape index (κ2) is 5.36. The van der Waals surface area contributed by atoms with Crippen molar-refractivity contribution in [2.24, 2.45) is 0 Å². The van der Waals surface area contributed by atoms with Gasteiger partial charge in [-0.3, -0.25) is 4.79 Å². The summed E-state index contributed by atoms with van der Waals surface area (Å²) in [5.74, 6) is 0. The molecule has 0 heterocycles. The standard InChI is InChI=1S/C11H14NO/c12-11-7-4-6-10(9-11)5-2-1-3-8-13/h4,6-7,9H,1-3,5,12H2. The molecule has 2 N–H and O–H groups in total. The van der Waals surface area contributed by atoms with Gasteiger partial charge in [-0.25, -0.2) is 0 Å². The summed E-state index contributed by atoms with van der Waals surface area (Å²) in [6.07, 6.45) is 5.37. The molecular weight excluding hydrogens is 162 g/mol. The molecule has 13 heavy (non-hydrogen) atoms. The summed E-state index contributed by atoms with van der Waals surface area (Å²) < 4.78 is 0.